The second kappa shape index (κ2) is 7.22. The zero-order chi connectivity index (χ0) is 15.4. The highest BCUT2D eigenvalue weighted by Gasteiger charge is 2.26. The second-order valence-corrected chi connectivity index (χ2v) is 6.74. The fourth-order valence-electron chi connectivity index (χ4n) is 2.59. The van der Waals surface area contributed by atoms with Crippen molar-refractivity contribution in [2.45, 2.75) is 30.5 Å². The van der Waals surface area contributed by atoms with Gasteiger partial charge in [-0.1, -0.05) is 46.4 Å². The van der Waals surface area contributed by atoms with Crippen LogP contribution in [0, 0.1) is 16.0 Å². The van der Waals surface area contributed by atoms with Gasteiger partial charge in [-0.05, 0) is 24.8 Å². The van der Waals surface area contributed by atoms with E-state index in [0.717, 1.165) is 19.3 Å². The molecular formula is C14H16BrClN2O3. The maximum Gasteiger partial charge on any atom is 0.283 e. The van der Waals surface area contributed by atoms with E-state index in [0.29, 0.717) is 17.3 Å². The Morgan fingerprint density at radius 3 is 2.81 bits per heavy atom. The molecular weight excluding hydrogens is 360 g/mol. The van der Waals surface area contributed by atoms with Crippen LogP contribution in [0.25, 0.3) is 0 Å². The standard InChI is InChI=1S/C14H16BrClN2O3/c15-10-5-2-1-4-9(10)8-17-14(19)13-11(16)6-3-7-12(13)18(20)21/h3,6-7,9-10H,1-2,4-5,8H2,(H,17,19). The van der Waals surface area contributed by atoms with Crippen LogP contribution in [0.2, 0.25) is 5.02 Å². The van der Waals surface area contributed by atoms with Crippen LogP contribution in [0.4, 0.5) is 5.69 Å². The van der Waals surface area contributed by atoms with E-state index in [-0.39, 0.29) is 16.3 Å². The Balaban J connectivity index is 2.08. The highest BCUT2D eigenvalue weighted by molar-refractivity contribution is 9.09. The summed E-state index contributed by atoms with van der Waals surface area (Å²) in [4.78, 5) is 23.0. The number of carbonyl (C=O) groups excluding carboxylic acids is 1. The van der Waals surface area contributed by atoms with E-state index in [1.54, 1.807) is 0 Å². The zero-order valence-electron chi connectivity index (χ0n) is 11.4. The summed E-state index contributed by atoms with van der Waals surface area (Å²) < 4.78 is 0. The highest BCUT2D eigenvalue weighted by atomic mass is 79.9. The van der Waals surface area contributed by atoms with Crippen molar-refractivity contribution in [3.63, 3.8) is 0 Å². The number of rotatable bonds is 4. The van der Waals surface area contributed by atoms with Gasteiger partial charge in [0, 0.05) is 17.4 Å². The van der Waals surface area contributed by atoms with Crippen LogP contribution in [0.3, 0.4) is 0 Å². The maximum absolute atomic E-state index is 12.2. The summed E-state index contributed by atoms with van der Waals surface area (Å²) in [5.41, 5.74) is -0.329. The molecule has 1 fully saturated rings. The molecule has 0 radical (unpaired) electrons. The number of nitrogens with zero attached hydrogens (tertiary/aromatic N) is 1. The van der Waals surface area contributed by atoms with Gasteiger partial charge in [0.2, 0.25) is 0 Å². The van der Waals surface area contributed by atoms with E-state index in [2.05, 4.69) is 21.2 Å². The fraction of sp³-hybridized carbons (Fsp3) is 0.500. The number of nitrogens with one attached hydrogen (secondary N) is 1. The molecule has 2 unspecified atom stereocenters. The number of halogens is 2. The van der Waals surface area contributed by atoms with E-state index < -0.39 is 10.8 Å². The summed E-state index contributed by atoms with van der Waals surface area (Å²) in [6, 6.07) is 4.24. The van der Waals surface area contributed by atoms with Crippen LogP contribution in [-0.2, 0) is 0 Å². The van der Waals surface area contributed by atoms with E-state index in [4.69, 9.17) is 11.6 Å². The molecule has 1 aliphatic carbocycles. The number of hydrogen-bond donors (Lipinski definition) is 1. The molecule has 21 heavy (non-hydrogen) atoms. The van der Waals surface area contributed by atoms with Gasteiger partial charge < -0.3 is 5.32 Å². The Labute approximate surface area is 136 Å². The van der Waals surface area contributed by atoms with Gasteiger partial charge in [0.1, 0.15) is 5.56 Å². The van der Waals surface area contributed by atoms with E-state index >= 15 is 0 Å². The summed E-state index contributed by atoms with van der Waals surface area (Å²) in [5, 5.41) is 13.9. The molecule has 0 aromatic heterocycles. The average Bonchev–Trinajstić information content (AvgIpc) is 2.45. The van der Waals surface area contributed by atoms with E-state index in [9.17, 15) is 14.9 Å². The number of benzene rings is 1. The van der Waals surface area contributed by atoms with Gasteiger partial charge in [0.15, 0.2) is 0 Å². The Kier molecular flexibility index (Phi) is 5.58. The maximum atomic E-state index is 12.2. The number of nitro benzene ring substituents is 1. The second-order valence-electron chi connectivity index (χ2n) is 5.16. The van der Waals surface area contributed by atoms with Crippen molar-refractivity contribution in [1.82, 2.24) is 5.32 Å². The molecule has 114 valence electrons. The molecule has 0 bridgehead atoms. The van der Waals surface area contributed by atoms with Crippen molar-refractivity contribution in [3.05, 3.63) is 38.9 Å². The summed E-state index contributed by atoms with van der Waals surface area (Å²) in [6.45, 7) is 0.497. The van der Waals surface area contributed by atoms with Gasteiger partial charge in [-0.3, -0.25) is 14.9 Å². The molecule has 1 saturated carbocycles. The van der Waals surface area contributed by atoms with E-state index in [1.165, 1.54) is 24.6 Å². The first kappa shape index (κ1) is 16.2. The lowest BCUT2D eigenvalue weighted by Gasteiger charge is -2.27. The van der Waals surface area contributed by atoms with Crippen LogP contribution < -0.4 is 5.32 Å². The molecule has 1 N–H and O–H groups in total. The molecule has 0 aliphatic heterocycles. The Morgan fingerprint density at radius 1 is 1.43 bits per heavy atom. The monoisotopic (exact) mass is 374 g/mol. The minimum absolute atomic E-state index is 0.0638. The largest absolute Gasteiger partial charge is 0.351 e. The molecule has 1 aromatic carbocycles. The number of nitro groups is 1. The van der Waals surface area contributed by atoms with Crippen molar-refractivity contribution in [2.24, 2.45) is 5.92 Å². The van der Waals surface area contributed by atoms with Crippen LogP contribution in [-0.4, -0.2) is 22.2 Å². The minimum atomic E-state index is -0.589. The first-order valence-corrected chi connectivity index (χ1v) is 8.15. The quantitative estimate of drug-likeness (QED) is 0.492. The molecule has 1 aliphatic rings. The van der Waals surface area contributed by atoms with Gasteiger partial charge in [-0.25, -0.2) is 0 Å². The third-order valence-electron chi connectivity index (χ3n) is 3.76. The lowest BCUT2D eigenvalue weighted by Crippen LogP contribution is -2.34. The normalized spacial score (nSPS) is 21.8. The van der Waals surface area contributed by atoms with Crippen molar-refractivity contribution < 1.29 is 9.72 Å². The number of alkyl halides is 1. The summed E-state index contributed by atoms with van der Waals surface area (Å²) >= 11 is 9.57. The zero-order valence-corrected chi connectivity index (χ0v) is 13.7. The molecule has 2 rings (SSSR count). The first-order valence-electron chi connectivity index (χ1n) is 6.86. The Morgan fingerprint density at radius 2 is 2.14 bits per heavy atom. The van der Waals surface area contributed by atoms with Crippen molar-refractivity contribution in [2.75, 3.05) is 6.54 Å². The first-order chi connectivity index (χ1) is 10.0. The van der Waals surface area contributed by atoms with Crippen molar-refractivity contribution in [1.29, 1.82) is 0 Å². The summed E-state index contributed by atoms with van der Waals surface area (Å²) in [6.07, 6.45) is 4.47. The van der Waals surface area contributed by atoms with Gasteiger partial charge in [0.25, 0.3) is 11.6 Å². The summed E-state index contributed by atoms with van der Waals surface area (Å²) in [7, 11) is 0. The molecule has 7 heteroatoms. The molecule has 0 saturated heterocycles. The average molecular weight is 376 g/mol. The van der Waals surface area contributed by atoms with Gasteiger partial charge in [0.05, 0.1) is 9.95 Å². The number of carbonyl (C=O) groups is 1. The van der Waals surface area contributed by atoms with Crippen LogP contribution in [0.5, 0.6) is 0 Å². The third-order valence-corrected chi connectivity index (χ3v) is 5.28. The fourth-order valence-corrected chi connectivity index (χ4v) is 3.62. The lowest BCUT2D eigenvalue weighted by atomic mass is 9.89. The van der Waals surface area contributed by atoms with Gasteiger partial charge >= 0.3 is 0 Å². The minimum Gasteiger partial charge on any atom is -0.351 e. The van der Waals surface area contributed by atoms with Crippen LogP contribution in [0.15, 0.2) is 18.2 Å². The summed E-state index contributed by atoms with van der Waals surface area (Å²) in [5.74, 6) is -0.137. The molecule has 1 amide bonds. The van der Waals surface area contributed by atoms with Crippen LogP contribution >= 0.6 is 27.5 Å². The number of hydrogen-bond acceptors (Lipinski definition) is 3. The Bertz CT molecular complexity index is 553. The topological polar surface area (TPSA) is 72.2 Å². The number of amides is 1. The smallest absolute Gasteiger partial charge is 0.283 e. The molecule has 2 atom stereocenters. The van der Waals surface area contributed by atoms with Gasteiger partial charge in [-0.2, -0.15) is 0 Å². The third kappa shape index (κ3) is 3.95. The lowest BCUT2D eigenvalue weighted by molar-refractivity contribution is -0.385. The Hall–Kier alpha value is -1.14. The van der Waals surface area contributed by atoms with Crippen LogP contribution in [0.1, 0.15) is 36.0 Å². The predicted octanol–water partition coefficient (Wildman–Crippen LogP) is 3.93. The highest BCUT2D eigenvalue weighted by Crippen LogP contribution is 2.30. The molecule has 0 heterocycles. The molecule has 0 spiro atoms. The van der Waals surface area contributed by atoms with Crippen molar-refractivity contribution in [3.8, 4) is 0 Å². The van der Waals surface area contributed by atoms with Crippen molar-refractivity contribution >= 4 is 39.1 Å². The van der Waals surface area contributed by atoms with E-state index in [1.807, 2.05) is 0 Å². The molecule has 5 nitrogen and oxygen atoms in total. The van der Waals surface area contributed by atoms with Gasteiger partial charge in [-0.15, -0.1) is 0 Å². The predicted molar refractivity (Wildman–Crippen MR) is 85.1 cm³/mol. The SMILES string of the molecule is O=C(NCC1CCCCC1Br)c1c(Cl)cccc1[N+](=O)[O-]. The molecule has 1 aromatic rings.